The lowest BCUT2D eigenvalue weighted by Crippen LogP contribution is -2.13. The van der Waals surface area contributed by atoms with E-state index in [1.165, 1.54) is 12.1 Å². The van der Waals surface area contributed by atoms with Gasteiger partial charge in [0.2, 0.25) is 5.91 Å². The van der Waals surface area contributed by atoms with Crippen LogP contribution in [0.25, 0.3) is 11.1 Å². The predicted molar refractivity (Wildman–Crippen MR) is 130 cm³/mol. The number of nitro groups is 1. The molecule has 0 unspecified atom stereocenters. The lowest BCUT2D eigenvalue weighted by atomic mass is 10.0. The highest BCUT2D eigenvalue weighted by molar-refractivity contribution is 5.95. The number of anilines is 2. The molecule has 1 amide bonds. The molecule has 0 radical (unpaired) electrons. The Kier molecular flexibility index (Phi) is 6.92. The number of nitrogen functional groups attached to an aromatic ring is 1. The molecule has 9 nitrogen and oxygen atoms in total. The number of non-ortho nitro benzene ring substituents is 1. The molecule has 1 heterocycles. The standard InChI is InChI=1S/C25H24N6O3/c26-23-12-8-20(19-4-2-1-3-5-19)16-24(23)27-25(32)13-9-21-17-30(29-28-21)15-14-18-6-10-22(11-7-18)31(33)34/h1-8,10-12,16-17H,9,13-15,26H2,(H,27,32). The highest BCUT2D eigenvalue weighted by Gasteiger charge is 2.10. The Bertz CT molecular complexity index is 1290. The molecule has 0 saturated carbocycles. The van der Waals surface area contributed by atoms with Crippen molar-refractivity contribution >= 4 is 23.0 Å². The van der Waals surface area contributed by atoms with Crippen LogP contribution in [0.15, 0.2) is 79.0 Å². The summed E-state index contributed by atoms with van der Waals surface area (Å²) < 4.78 is 1.70. The first-order chi connectivity index (χ1) is 16.5. The third-order valence-electron chi connectivity index (χ3n) is 5.41. The molecule has 172 valence electrons. The van der Waals surface area contributed by atoms with E-state index in [1.807, 2.05) is 48.7 Å². The van der Waals surface area contributed by atoms with Crippen molar-refractivity contribution in [2.24, 2.45) is 0 Å². The summed E-state index contributed by atoms with van der Waals surface area (Å²) in [6.07, 6.45) is 3.17. The van der Waals surface area contributed by atoms with Crippen molar-refractivity contribution in [3.63, 3.8) is 0 Å². The number of aromatic nitrogens is 3. The summed E-state index contributed by atoms with van der Waals surface area (Å²) in [4.78, 5) is 22.8. The van der Waals surface area contributed by atoms with Crippen molar-refractivity contribution in [3.8, 4) is 11.1 Å². The number of hydrogen-bond donors (Lipinski definition) is 2. The van der Waals surface area contributed by atoms with Gasteiger partial charge in [-0.05, 0) is 35.2 Å². The molecule has 0 saturated heterocycles. The van der Waals surface area contributed by atoms with Crippen molar-refractivity contribution in [1.29, 1.82) is 0 Å². The van der Waals surface area contributed by atoms with Gasteiger partial charge in [0, 0.05) is 37.7 Å². The highest BCUT2D eigenvalue weighted by atomic mass is 16.6. The summed E-state index contributed by atoms with van der Waals surface area (Å²) in [5.41, 5.74) is 10.9. The molecule has 0 aliphatic heterocycles. The summed E-state index contributed by atoms with van der Waals surface area (Å²) >= 11 is 0. The topological polar surface area (TPSA) is 129 Å². The van der Waals surface area contributed by atoms with Crippen molar-refractivity contribution in [2.75, 3.05) is 11.1 Å². The molecule has 34 heavy (non-hydrogen) atoms. The molecule has 3 aromatic carbocycles. The minimum Gasteiger partial charge on any atom is -0.397 e. The average Bonchev–Trinajstić information content (AvgIpc) is 3.31. The van der Waals surface area contributed by atoms with Crippen LogP contribution in [0, 0.1) is 10.1 Å². The zero-order valence-electron chi connectivity index (χ0n) is 18.4. The third-order valence-corrected chi connectivity index (χ3v) is 5.41. The van der Waals surface area contributed by atoms with Gasteiger partial charge in [-0.3, -0.25) is 19.6 Å². The lowest BCUT2D eigenvalue weighted by Gasteiger charge is -2.10. The number of carbonyl (C=O) groups excluding carboxylic acids is 1. The van der Waals surface area contributed by atoms with Crippen LogP contribution >= 0.6 is 0 Å². The van der Waals surface area contributed by atoms with E-state index in [0.29, 0.717) is 36.5 Å². The number of benzene rings is 3. The van der Waals surface area contributed by atoms with Crippen molar-refractivity contribution in [3.05, 3.63) is 100 Å². The first-order valence-electron chi connectivity index (χ1n) is 10.8. The molecular formula is C25H24N6O3. The first-order valence-corrected chi connectivity index (χ1v) is 10.8. The van der Waals surface area contributed by atoms with Crippen molar-refractivity contribution in [2.45, 2.75) is 25.8 Å². The largest absolute Gasteiger partial charge is 0.397 e. The van der Waals surface area contributed by atoms with E-state index in [1.54, 1.807) is 22.9 Å². The molecular weight excluding hydrogens is 432 g/mol. The summed E-state index contributed by atoms with van der Waals surface area (Å²) in [6.45, 7) is 0.583. The van der Waals surface area contributed by atoms with Crippen LogP contribution in [0.3, 0.4) is 0 Å². The van der Waals surface area contributed by atoms with Crippen LogP contribution in [0.2, 0.25) is 0 Å². The molecule has 0 fully saturated rings. The molecule has 9 heteroatoms. The van der Waals surface area contributed by atoms with Crippen LogP contribution < -0.4 is 11.1 Å². The first kappa shape index (κ1) is 22.7. The second-order valence-electron chi connectivity index (χ2n) is 7.86. The second kappa shape index (κ2) is 10.4. The van der Waals surface area contributed by atoms with Gasteiger partial charge in [0.1, 0.15) is 0 Å². The van der Waals surface area contributed by atoms with Crippen LogP contribution in [0.4, 0.5) is 17.1 Å². The van der Waals surface area contributed by atoms with Gasteiger partial charge in [-0.1, -0.05) is 53.7 Å². The number of amides is 1. The minimum atomic E-state index is -0.419. The van der Waals surface area contributed by atoms with Gasteiger partial charge in [-0.15, -0.1) is 5.10 Å². The number of nitrogens with zero attached hydrogens (tertiary/aromatic N) is 4. The van der Waals surface area contributed by atoms with Crippen LogP contribution in [0.1, 0.15) is 17.7 Å². The normalized spacial score (nSPS) is 10.7. The van der Waals surface area contributed by atoms with Crippen LogP contribution in [-0.2, 0) is 24.2 Å². The number of nitro benzene ring substituents is 1. The van der Waals surface area contributed by atoms with E-state index < -0.39 is 4.92 Å². The Balaban J connectivity index is 1.29. The molecule has 0 spiro atoms. The maximum atomic E-state index is 12.5. The summed E-state index contributed by atoms with van der Waals surface area (Å²) in [5.74, 6) is -0.155. The maximum Gasteiger partial charge on any atom is 0.269 e. The molecule has 3 N–H and O–H groups in total. The number of aryl methyl sites for hydroxylation is 3. The zero-order chi connectivity index (χ0) is 23.9. The van der Waals surface area contributed by atoms with Gasteiger partial charge < -0.3 is 11.1 Å². The molecule has 0 atom stereocenters. The number of nitrogens with two attached hydrogens (primary N) is 1. The minimum absolute atomic E-state index is 0.0682. The van der Waals surface area contributed by atoms with Crippen LogP contribution in [-0.4, -0.2) is 25.8 Å². The average molecular weight is 457 g/mol. The Morgan fingerprint density at radius 1 is 1.00 bits per heavy atom. The van der Waals surface area contributed by atoms with Gasteiger partial charge in [-0.2, -0.15) is 0 Å². The van der Waals surface area contributed by atoms with Gasteiger partial charge in [-0.25, -0.2) is 0 Å². The third kappa shape index (κ3) is 5.83. The summed E-state index contributed by atoms with van der Waals surface area (Å²) in [5, 5.41) is 21.9. The van der Waals surface area contributed by atoms with Crippen molar-refractivity contribution < 1.29 is 9.72 Å². The van der Waals surface area contributed by atoms with E-state index in [2.05, 4.69) is 15.6 Å². The van der Waals surface area contributed by atoms with E-state index in [0.717, 1.165) is 16.7 Å². The Morgan fingerprint density at radius 2 is 1.76 bits per heavy atom. The van der Waals surface area contributed by atoms with Crippen molar-refractivity contribution in [1.82, 2.24) is 15.0 Å². The predicted octanol–water partition coefficient (Wildman–Crippen LogP) is 4.25. The summed E-state index contributed by atoms with van der Waals surface area (Å²) in [6, 6.07) is 21.9. The van der Waals surface area contributed by atoms with E-state index >= 15 is 0 Å². The van der Waals surface area contributed by atoms with Gasteiger partial charge >= 0.3 is 0 Å². The monoisotopic (exact) mass is 456 g/mol. The molecule has 0 aliphatic carbocycles. The molecule has 0 aliphatic rings. The fourth-order valence-corrected chi connectivity index (χ4v) is 3.52. The van der Waals surface area contributed by atoms with E-state index in [4.69, 9.17) is 5.73 Å². The Morgan fingerprint density at radius 3 is 2.50 bits per heavy atom. The number of rotatable bonds is 9. The van der Waals surface area contributed by atoms with Gasteiger partial charge in [0.25, 0.3) is 5.69 Å². The SMILES string of the molecule is Nc1ccc(-c2ccccc2)cc1NC(=O)CCc1cn(CCc2ccc([N+](=O)[O-])cc2)nn1. The smallest absolute Gasteiger partial charge is 0.269 e. The quantitative estimate of drug-likeness (QED) is 0.220. The fraction of sp³-hybridized carbons (Fsp3) is 0.160. The van der Waals surface area contributed by atoms with Gasteiger partial charge in [0.15, 0.2) is 0 Å². The number of hydrogen-bond acceptors (Lipinski definition) is 6. The number of nitrogens with one attached hydrogen (secondary N) is 1. The van der Waals surface area contributed by atoms with Gasteiger partial charge in [0.05, 0.1) is 22.0 Å². The van der Waals surface area contributed by atoms with E-state index in [-0.39, 0.29) is 18.0 Å². The van der Waals surface area contributed by atoms with Crippen LogP contribution in [0.5, 0.6) is 0 Å². The molecule has 1 aromatic heterocycles. The molecule has 4 aromatic rings. The summed E-state index contributed by atoms with van der Waals surface area (Å²) in [7, 11) is 0. The Labute approximate surface area is 196 Å². The van der Waals surface area contributed by atoms with E-state index in [9.17, 15) is 14.9 Å². The number of carbonyl (C=O) groups is 1. The lowest BCUT2D eigenvalue weighted by molar-refractivity contribution is -0.384. The Hall–Kier alpha value is -4.53. The molecule has 0 bridgehead atoms. The second-order valence-corrected chi connectivity index (χ2v) is 7.86. The highest BCUT2D eigenvalue weighted by Crippen LogP contribution is 2.27. The molecule has 4 rings (SSSR count). The fourth-order valence-electron chi connectivity index (χ4n) is 3.52. The zero-order valence-corrected chi connectivity index (χ0v) is 18.4. The maximum absolute atomic E-state index is 12.5.